The maximum Gasteiger partial charge on any atom is 0.234 e. The third-order valence-electron chi connectivity index (χ3n) is 3.05. The molecule has 0 saturated heterocycles. The number of rotatable bonds is 7. The SMILES string of the molecule is CCn1cnnc1SCC(=O)Nc1cc(NC(C)=O)ccc1OC. The lowest BCUT2D eigenvalue weighted by Gasteiger charge is -2.12. The molecule has 128 valence electrons. The van der Waals surface area contributed by atoms with Crippen molar-refractivity contribution in [1.82, 2.24) is 14.8 Å². The van der Waals surface area contributed by atoms with E-state index >= 15 is 0 Å². The van der Waals surface area contributed by atoms with Crippen LogP contribution in [-0.4, -0.2) is 39.4 Å². The fraction of sp³-hybridized carbons (Fsp3) is 0.333. The number of amides is 2. The Morgan fingerprint density at radius 3 is 2.79 bits per heavy atom. The van der Waals surface area contributed by atoms with Crippen LogP contribution >= 0.6 is 11.8 Å². The lowest BCUT2D eigenvalue weighted by Crippen LogP contribution is -2.16. The largest absolute Gasteiger partial charge is 0.495 e. The summed E-state index contributed by atoms with van der Waals surface area (Å²) in [6.45, 7) is 4.14. The minimum Gasteiger partial charge on any atom is -0.495 e. The van der Waals surface area contributed by atoms with Gasteiger partial charge in [0.15, 0.2) is 5.16 Å². The van der Waals surface area contributed by atoms with E-state index in [4.69, 9.17) is 4.74 Å². The lowest BCUT2D eigenvalue weighted by molar-refractivity contribution is -0.114. The Bertz CT molecular complexity index is 732. The third kappa shape index (κ3) is 4.72. The number of anilines is 2. The number of carbonyl (C=O) groups is 2. The van der Waals surface area contributed by atoms with Gasteiger partial charge in [0.2, 0.25) is 11.8 Å². The van der Waals surface area contributed by atoms with E-state index in [2.05, 4.69) is 20.8 Å². The standard InChI is InChI=1S/C15H19N5O3S/c1-4-20-9-16-19-15(20)24-8-14(22)18-12-7-11(17-10(2)21)5-6-13(12)23-3/h5-7,9H,4,8H2,1-3H3,(H,17,21)(H,18,22). The molecule has 0 fully saturated rings. The maximum absolute atomic E-state index is 12.2. The Hall–Kier alpha value is -2.55. The zero-order valence-electron chi connectivity index (χ0n) is 13.7. The van der Waals surface area contributed by atoms with Gasteiger partial charge in [0, 0.05) is 19.2 Å². The van der Waals surface area contributed by atoms with Crippen molar-refractivity contribution in [2.75, 3.05) is 23.5 Å². The summed E-state index contributed by atoms with van der Waals surface area (Å²) in [4.78, 5) is 23.3. The van der Waals surface area contributed by atoms with E-state index in [0.29, 0.717) is 22.3 Å². The topological polar surface area (TPSA) is 98.1 Å². The molecule has 0 spiro atoms. The number of carbonyl (C=O) groups excluding carboxylic acids is 2. The number of hydrogen-bond acceptors (Lipinski definition) is 6. The normalized spacial score (nSPS) is 10.3. The van der Waals surface area contributed by atoms with E-state index < -0.39 is 0 Å². The van der Waals surface area contributed by atoms with E-state index in [9.17, 15) is 9.59 Å². The fourth-order valence-corrected chi connectivity index (χ4v) is 2.76. The molecule has 2 rings (SSSR count). The van der Waals surface area contributed by atoms with Crippen LogP contribution in [0.2, 0.25) is 0 Å². The van der Waals surface area contributed by atoms with Crippen molar-refractivity contribution in [2.45, 2.75) is 25.5 Å². The van der Waals surface area contributed by atoms with Gasteiger partial charge in [0.25, 0.3) is 0 Å². The number of benzene rings is 1. The van der Waals surface area contributed by atoms with Gasteiger partial charge in [-0.3, -0.25) is 9.59 Å². The Morgan fingerprint density at radius 1 is 1.33 bits per heavy atom. The van der Waals surface area contributed by atoms with E-state index in [0.717, 1.165) is 6.54 Å². The number of methoxy groups -OCH3 is 1. The molecule has 2 N–H and O–H groups in total. The third-order valence-corrected chi connectivity index (χ3v) is 4.03. The van der Waals surface area contributed by atoms with Gasteiger partial charge in [-0.1, -0.05) is 11.8 Å². The van der Waals surface area contributed by atoms with E-state index in [1.54, 1.807) is 24.5 Å². The number of hydrogen-bond donors (Lipinski definition) is 2. The average Bonchev–Trinajstić information content (AvgIpc) is 3.00. The number of nitrogens with one attached hydrogen (secondary N) is 2. The molecule has 1 aromatic carbocycles. The fourth-order valence-electron chi connectivity index (χ4n) is 1.98. The van der Waals surface area contributed by atoms with Crippen LogP contribution < -0.4 is 15.4 Å². The predicted octanol–water partition coefficient (Wildman–Crippen LogP) is 2.00. The Labute approximate surface area is 144 Å². The smallest absolute Gasteiger partial charge is 0.234 e. The monoisotopic (exact) mass is 349 g/mol. The molecule has 2 aromatic rings. The first-order chi connectivity index (χ1) is 11.5. The summed E-state index contributed by atoms with van der Waals surface area (Å²) >= 11 is 1.30. The van der Waals surface area contributed by atoms with Gasteiger partial charge in [0.05, 0.1) is 18.6 Å². The number of ether oxygens (including phenoxy) is 1. The first-order valence-corrected chi connectivity index (χ1v) is 8.28. The van der Waals surface area contributed by atoms with Crippen molar-refractivity contribution in [3.8, 4) is 5.75 Å². The summed E-state index contributed by atoms with van der Waals surface area (Å²) in [6, 6.07) is 5.04. The number of aryl methyl sites for hydroxylation is 1. The molecule has 24 heavy (non-hydrogen) atoms. The first-order valence-electron chi connectivity index (χ1n) is 7.29. The molecule has 1 heterocycles. The van der Waals surface area contributed by atoms with Gasteiger partial charge in [0.1, 0.15) is 12.1 Å². The van der Waals surface area contributed by atoms with Crippen molar-refractivity contribution < 1.29 is 14.3 Å². The van der Waals surface area contributed by atoms with Crippen molar-refractivity contribution in [3.05, 3.63) is 24.5 Å². The van der Waals surface area contributed by atoms with Crippen molar-refractivity contribution in [2.24, 2.45) is 0 Å². The summed E-state index contributed by atoms with van der Waals surface area (Å²) in [5.41, 5.74) is 1.07. The van der Waals surface area contributed by atoms with Crippen LogP contribution in [0, 0.1) is 0 Å². The molecule has 9 heteroatoms. The maximum atomic E-state index is 12.2. The minimum atomic E-state index is -0.205. The highest BCUT2D eigenvalue weighted by Gasteiger charge is 2.12. The minimum absolute atomic E-state index is 0.187. The van der Waals surface area contributed by atoms with Crippen molar-refractivity contribution in [1.29, 1.82) is 0 Å². The van der Waals surface area contributed by atoms with Crippen LogP contribution in [0.15, 0.2) is 29.7 Å². The van der Waals surface area contributed by atoms with Crippen molar-refractivity contribution in [3.63, 3.8) is 0 Å². The van der Waals surface area contributed by atoms with Crippen LogP contribution in [0.3, 0.4) is 0 Å². The van der Waals surface area contributed by atoms with Gasteiger partial charge in [-0.15, -0.1) is 10.2 Å². The summed E-state index contributed by atoms with van der Waals surface area (Å²) in [7, 11) is 1.52. The molecule has 0 radical (unpaired) electrons. The highest BCUT2D eigenvalue weighted by molar-refractivity contribution is 7.99. The Kier molecular flexibility index (Phi) is 6.19. The van der Waals surface area contributed by atoms with Gasteiger partial charge >= 0.3 is 0 Å². The molecule has 0 bridgehead atoms. The zero-order valence-corrected chi connectivity index (χ0v) is 14.5. The van der Waals surface area contributed by atoms with Gasteiger partial charge in [-0.2, -0.15) is 0 Å². The molecule has 0 aliphatic heterocycles. The van der Waals surface area contributed by atoms with E-state index in [1.807, 2.05) is 11.5 Å². The molecule has 0 unspecified atom stereocenters. The van der Waals surface area contributed by atoms with Crippen LogP contribution in [0.1, 0.15) is 13.8 Å². The lowest BCUT2D eigenvalue weighted by atomic mass is 10.2. The predicted molar refractivity (Wildman–Crippen MR) is 92.3 cm³/mol. The quantitative estimate of drug-likeness (QED) is 0.742. The van der Waals surface area contributed by atoms with E-state index in [1.165, 1.54) is 25.8 Å². The molecule has 0 aliphatic carbocycles. The molecule has 8 nitrogen and oxygen atoms in total. The molecule has 0 saturated carbocycles. The van der Waals surface area contributed by atoms with Crippen molar-refractivity contribution >= 4 is 35.0 Å². The number of thioether (sulfide) groups is 1. The molecular weight excluding hydrogens is 330 g/mol. The molecule has 0 aliphatic rings. The first kappa shape index (κ1) is 17.8. The van der Waals surface area contributed by atoms with Crippen LogP contribution in [0.4, 0.5) is 11.4 Å². The summed E-state index contributed by atoms with van der Waals surface area (Å²) in [5, 5.41) is 13.9. The summed E-state index contributed by atoms with van der Waals surface area (Å²) in [6.07, 6.45) is 1.63. The van der Waals surface area contributed by atoms with Crippen LogP contribution in [-0.2, 0) is 16.1 Å². The summed E-state index contributed by atoms with van der Waals surface area (Å²) in [5.74, 6) is 0.307. The van der Waals surface area contributed by atoms with Gasteiger partial charge in [-0.05, 0) is 25.1 Å². The van der Waals surface area contributed by atoms with E-state index in [-0.39, 0.29) is 17.6 Å². The number of aromatic nitrogens is 3. The van der Waals surface area contributed by atoms with Gasteiger partial charge < -0.3 is 19.9 Å². The zero-order chi connectivity index (χ0) is 17.5. The number of nitrogens with zero attached hydrogens (tertiary/aromatic N) is 3. The van der Waals surface area contributed by atoms with Crippen LogP contribution in [0.25, 0.3) is 0 Å². The summed E-state index contributed by atoms with van der Waals surface area (Å²) < 4.78 is 7.09. The Balaban J connectivity index is 2.03. The molecule has 0 atom stereocenters. The average molecular weight is 349 g/mol. The second-order valence-electron chi connectivity index (χ2n) is 4.83. The second-order valence-corrected chi connectivity index (χ2v) is 5.78. The Morgan fingerprint density at radius 2 is 2.12 bits per heavy atom. The molecular formula is C15H19N5O3S. The highest BCUT2D eigenvalue weighted by Crippen LogP contribution is 2.28. The van der Waals surface area contributed by atoms with Gasteiger partial charge in [-0.25, -0.2) is 0 Å². The molecule has 1 aromatic heterocycles. The second kappa shape index (κ2) is 8.34. The molecule has 2 amide bonds. The highest BCUT2D eigenvalue weighted by atomic mass is 32.2. The van der Waals surface area contributed by atoms with Crippen LogP contribution in [0.5, 0.6) is 5.75 Å².